The highest BCUT2D eigenvalue weighted by atomic mass is 16.5. The van der Waals surface area contributed by atoms with Crippen LogP contribution >= 0.6 is 0 Å². The molecule has 5 rings (SSSR count). The van der Waals surface area contributed by atoms with Crippen LogP contribution in [-0.4, -0.2) is 38.6 Å². The van der Waals surface area contributed by atoms with Gasteiger partial charge < -0.3 is 14.0 Å². The summed E-state index contributed by atoms with van der Waals surface area (Å²) in [5.74, 6) is 2.99. The molecule has 33 heavy (non-hydrogen) atoms. The van der Waals surface area contributed by atoms with Crippen molar-refractivity contribution in [3.05, 3.63) is 72.8 Å². The third kappa shape index (κ3) is 4.55. The minimum absolute atomic E-state index is 0.436. The van der Waals surface area contributed by atoms with Crippen molar-refractivity contribution >= 4 is 0 Å². The van der Waals surface area contributed by atoms with Crippen molar-refractivity contribution in [3.63, 3.8) is 0 Å². The van der Waals surface area contributed by atoms with Crippen molar-refractivity contribution in [2.24, 2.45) is 0 Å². The van der Waals surface area contributed by atoms with E-state index < -0.39 is 0 Å². The topological polar surface area (TPSA) is 88.1 Å². The summed E-state index contributed by atoms with van der Waals surface area (Å²) < 4.78 is 18.1. The van der Waals surface area contributed by atoms with Gasteiger partial charge in [-0.2, -0.15) is 5.10 Å². The maximum atomic E-state index is 5.63. The molecule has 2 aromatic carbocycles. The lowest BCUT2D eigenvalue weighted by Gasteiger charge is -2.04. The van der Waals surface area contributed by atoms with Gasteiger partial charge in [0, 0.05) is 17.2 Å². The molecule has 0 atom stereocenters. The van der Waals surface area contributed by atoms with Gasteiger partial charge in [0.15, 0.2) is 11.6 Å². The number of ether oxygens (including phenoxy) is 2. The third-order valence-corrected chi connectivity index (χ3v) is 5.16. The number of fused-ring (bicyclic) bond motifs is 1. The number of aromatic nitrogens is 5. The highest BCUT2D eigenvalue weighted by Crippen LogP contribution is 2.26. The molecule has 0 radical (unpaired) electrons. The zero-order valence-electron chi connectivity index (χ0n) is 18.4. The summed E-state index contributed by atoms with van der Waals surface area (Å²) >= 11 is 0. The van der Waals surface area contributed by atoms with Crippen LogP contribution < -0.4 is 9.47 Å². The van der Waals surface area contributed by atoms with E-state index in [-0.39, 0.29) is 0 Å². The van der Waals surface area contributed by atoms with Crippen LogP contribution in [-0.2, 0) is 6.54 Å². The molecule has 0 saturated heterocycles. The van der Waals surface area contributed by atoms with Gasteiger partial charge in [-0.3, -0.25) is 4.68 Å². The Morgan fingerprint density at radius 1 is 0.879 bits per heavy atom. The maximum absolute atomic E-state index is 5.63. The molecule has 0 aliphatic carbocycles. The molecule has 3 heterocycles. The Kier molecular flexibility index (Phi) is 5.72. The van der Waals surface area contributed by atoms with E-state index in [2.05, 4.69) is 27.1 Å². The molecule has 2 aliphatic rings. The second kappa shape index (κ2) is 9.12. The lowest BCUT2D eigenvalue weighted by Crippen LogP contribution is -2.04. The van der Waals surface area contributed by atoms with Gasteiger partial charge in [-0.1, -0.05) is 12.1 Å². The Hall–Kier alpha value is -4.20. The van der Waals surface area contributed by atoms with Crippen LogP contribution in [0.4, 0.5) is 0 Å². The molecule has 0 bridgehead atoms. The second-order valence-electron chi connectivity index (χ2n) is 7.57. The minimum Gasteiger partial charge on any atom is -0.497 e. The fourth-order valence-corrected chi connectivity index (χ4v) is 3.44. The Bertz CT molecular complexity index is 1310. The third-order valence-electron chi connectivity index (χ3n) is 5.16. The standard InChI is InChI=1S/C25H23N5O3/c1-3-12-32-20-10-4-17(5-11-20)22-13-21(33-29-22)15-30-16-24-23(14-26-30)27-25(28-24)18-6-8-19(31-2)9-7-18/h4-11,13-14,16H,3,12,15H2,1-2H3. The first-order valence-electron chi connectivity index (χ1n) is 10.8. The van der Waals surface area contributed by atoms with E-state index in [4.69, 9.17) is 14.0 Å². The van der Waals surface area contributed by atoms with Crippen LogP contribution in [0.3, 0.4) is 0 Å². The fraction of sp³-hybridized carbons (Fsp3) is 0.200. The van der Waals surface area contributed by atoms with Gasteiger partial charge in [-0.25, -0.2) is 9.97 Å². The van der Waals surface area contributed by atoms with Crippen molar-refractivity contribution in [1.82, 2.24) is 24.9 Å². The molecule has 8 heteroatoms. The van der Waals surface area contributed by atoms with Crippen molar-refractivity contribution in [2.45, 2.75) is 19.9 Å². The molecule has 1 aromatic heterocycles. The largest absolute Gasteiger partial charge is 0.497 e. The van der Waals surface area contributed by atoms with Gasteiger partial charge in [-0.15, -0.1) is 0 Å². The first-order valence-corrected chi connectivity index (χ1v) is 10.8. The van der Waals surface area contributed by atoms with Crippen molar-refractivity contribution in [2.75, 3.05) is 13.7 Å². The first kappa shape index (κ1) is 20.7. The van der Waals surface area contributed by atoms with Crippen LogP contribution in [0.2, 0.25) is 0 Å². The first-order chi connectivity index (χ1) is 16.2. The fourth-order valence-electron chi connectivity index (χ4n) is 3.44. The average molecular weight is 441 g/mol. The van der Waals surface area contributed by atoms with Crippen molar-refractivity contribution < 1.29 is 14.0 Å². The van der Waals surface area contributed by atoms with Crippen LogP contribution in [0.1, 0.15) is 19.1 Å². The normalized spacial score (nSPS) is 11.1. The number of nitrogens with zero attached hydrogens (tertiary/aromatic N) is 5. The molecule has 3 aromatic rings. The minimum atomic E-state index is 0.436. The zero-order valence-corrected chi connectivity index (χ0v) is 18.4. The molecule has 166 valence electrons. The van der Waals surface area contributed by atoms with Crippen LogP contribution in [0.15, 0.2) is 71.5 Å². The zero-order chi connectivity index (χ0) is 22.6. The Labute approximate surface area is 191 Å². The summed E-state index contributed by atoms with van der Waals surface area (Å²) in [7, 11) is 1.64. The molecule has 0 unspecified atom stereocenters. The highest BCUT2D eigenvalue weighted by molar-refractivity contribution is 5.65. The van der Waals surface area contributed by atoms with E-state index in [1.54, 1.807) is 18.0 Å². The SMILES string of the molecule is CCCOc1ccc(-c2cc(Cn3cc4nc(-c5ccc(OC)cc5)nc-4cn3)on2)cc1. The second-order valence-corrected chi connectivity index (χ2v) is 7.57. The summed E-state index contributed by atoms with van der Waals surface area (Å²) in [6.07, 6.45) is 4.55. The molecule has 0 amide bonds. The molecule has 0 saturated carbocycles. The van der Waals surface area contributed by atoms with Gasteiger partial charge in [-0.05, 0) is 55.0 Å². The van der Waals surface area contributed by atoms with E-state index in [1.165, 1.54) is 0 Å². The van der Waals surface area contributed by atoms with E-state index in [0.29, 0.717) is 24.7 Å². The van der Waals surface area contributed by atoms with E-state index >= 15 is 0 Å². The number of rotatable bonds is 8. The lowest BCUT2D eigenvalue weighted by molar-refractivity contribution is 0.317. The van der Waals surface area contributed by atoms with Gasteiger partial charge in [0.05, 0.1) is 26.1 Å². The number of methoxy groups -OCH3 is 1. The summed E-state index contributed by atoms with van der Waals surface area (Å²) in [5, 5.41) is 8.65. The van der Waals surface area contributed by atoms with Gasteiger partial charge in [0.25, 0.3) is 0 Å². The molecule has 0 spiro atoms. The Morgan fingerprint density at radius 3 is 2.36 bits per heavy atom. The summed E-state index contributed by atoms with van der Waals surface area (Å²) in [6, 6.07) is 17.4. The quantitative estimate of drug-likeness (QED) is 0.337. The summed E-state index contributed by atoms with van der Waals surface area (Å²) in [5.41, 5.74) is 4.15. The summed E-state index contributed by atoms with van der Waals surface area (Å²) in [6.45, 7) is 3.23. The van der Waals surface area contributed by atoms with E-state index in [0.717, 1.165) is 46.1 Å². The lowest BCUT2D eigenvalue weighted by atomic mass is 10.1. The Balaban J connectivity index is 1.31. The maximum Gasteiger partial charge on any atom is 0.160 e. The predicted octanol–water partition coefficient (Wildman–Crippen LogP) is 4.95. The van der Waals surface area contributed by atoms with E-state index in [1.807, 2.05) is 60.8 Å². The number of imidazole rings is 1. The van der Waals surface area contributed by atoms with Crippen LogP contribution in [0, 0.1) is 0 Å². The van der Waals surface area contributed by atoms with Crippen molar-refractivity contribution in [3.8, 4) is 45.5 Å². The number of benzene rings is 2. The van der Waals surface area contributed by atoms with Gasteiger partial charge in [0.1, 0.15) is 35.1 Å². The number of hydrogen-bond donors (Lipinski definition) is 0. The molecule has 2 aliphatic heterocycles. The molecule has 0 fully saturated rings. The molecular weight excluding hydrogens is 418 g/mol. The monoisotopic (exact) mass is 441 g/mol. The number of hydrogen-bond acceptors (Lipinski definition) is 7. The van der Waals surface area contributed by atoms with Crippen LogP contribution in [0.5, 0.6) is 11.5 Å². The average Bonchev–Trinajstić information content (AvgIpc) is 3.50. The highest BCUT2D eigenvalue weighted by Gasteiger charge is 2.15. The predicted molar refractivity (Wildman–Crippen MR) is 123 cm³/mol. The summed E-state index contributed by atoms with van der Waals surface area (Å²) in [4.78, 5) is 9.23. The van der Waals surface area contributed by atoms with Gasteiger partial charge in [0.2, 0.25) is 0 Å². The van der Waals surface area contributed by atoms with Crippen molar-refractivity contribution in [1.29, 1.82) is 0 Å². The smallest absolute Gasteiger partial charge is 0.160 e. The molecular formula is C25H23N5O3. The molecule has 0 N–H and O–H groups in total. The van der Waals surface area contributed by atoms with Crippen LogP contribution in [0.25, 0.3) is 34.0 Å². The van der Waals surface area contributed by atoms with Gasteiger partial charge >= 0.3 is 0 Å². The van der Waals surface area contributed by atoms with E-state index in [9.17, 15) is 0 Å². The molecule has 8 nitrogen and oxygen atoms in total. The Morgan fingerprint density at radius 2 is 1.61 bits per heavy atom.